The van der Waals surface area contributed by atoms with Crippen molar-refractivity contribution in [1.29, 1.82) is 0 Å². The van der Waals surface area contributed by atoms with Gasteiger partial charge in [-0.1, -0.05) is 0 Å². The van der Waals surface area contributed by atoms with E-state index in [2.05, 4.69) is 14.9 Å². The van der Waals surface area contributed by atoms with Gasteiger partial charge in [-0.2, -0.15) is 0 Å². The highest BCUT2D eigenvalue weighted by Crippen LogP contribution is 2.35. The molecule has 0 atom stereocenters. The average molecular weight is 418 g/mol. The van der Waals surface area contributed by atoms with Crippen LogP contribution in [0.5, 0.6) is 11.5 Å². The Kier molecular flexibility index (Phi) is 6.81. The van der Waals surface area contributed by atoms with Crippen molar-refractivity contribution in [2.45, 2.75) is 26.4 Å². The fraction of sp³-hybridized carbons (Fsp3) is 0.571. The molecule has 0 N–H and O–H groups in total. The van der Waals surface area contributed by atoms with E-state index in [0.717, 1.165) is 16.7 Å². The number of carbonyl (C=O) groups is 1. The molecule has 3 rings (SSSR count). The van der Waals surface area contributed by atoms with Crippen molar-refractivity contribution in [3.8, 4) is 11.5 Å². The van der Waals surface area contributed by atoms with E-state index < -0.39 is 5.60 Å². The van der Waals surface area contributed by atoms with E-state index in [1.165, 1.54) is 0 Å². The minimum absolute atomic E-state index is 0.284. The van der Waals surface area contributed by atoms with Crippen molar-refractivity contribution in [1.82, 2.24) is 14.9 Å². The maximum Gasteiger partial charge on any atom is 0.410 e. The Morgan fingerprint density at radius 1 is 1.03 bits per heavy atom. The third-order valence-electron chi connectivity index (χ3n) is 4.68. The fourth-order valence-corrected chi connectivity index (χ4v) is 3.24. The van der Waals surface area contributed by atoms with Gasteiger partial charge in [0, 0.05) is 44.7 Å². The van der Waals surface area contributed by atoms with Crippen molar-refractivity contribution in [3.05, 3.63) is 18.5 Å². The zero-order valence-corrected chi connectivity index (χ0v) is 18.3. The maximum absolute atomic E-state index is 12.3. The van der Waals surface area contributed by atoms with Gasteiger partial charge < -0.3 is 28.7 Å². The van der Waals surface area contributed by atoms with Crippen LogP contribution >= 0.6 is 0 Å². The number of methoxy groups -OCH3 is 2. The second-order valence-corrected chi connectivity index (χ2v) is 8.01. The topological polar surface area (TPSA) is 86.3 Å². The van der Waals surface area contributed by atoms with Crippen molar-refractivity contribution in [2.75, 3.05) is 58.5 Å². The van der Waals surface area contributed by atoms with Crippen LogP contribution in [0.1, 0.15) is 20.8 Å². The van der Waals surface area contributed by atoms with Crippen molar-refractivity contribution in [2.24, 2.45) is 0 Å². The summed E-state index contributed by atoms with van der Waals surface area (Å²) < 4.78 is 21.8. The largest absolute Gasteiger partial charge is 0.493 e. The zero-order chi connectivity index (χ0) is 21.7. The monoisotopic (exact) mass is 418 g/mol. The van der Waals surface area contributed by atoms with Gasteiger partial charge in [-0.25, -0.2) is 14.8 Å². The summed E-state index contributed by atoms with van der Waals surface area (Å²) in [4.78, 5) is 25.1. The Balaban J connectivity index is 1.79. The first-order valence-electron chi connectivity index (χ1n) is 9.99. The lowest BCUT2D eigenvalue weighted by Gasteiger charge is -2.36. The highest BCUT2D eigenvalue weighted by molar-refractivity contribution is 5.92. The molecule has 0 saturated carbocycles. The van der Waals surface area contributed by atoms with Crippen molar-refractivity contribution < 1.29 is 23.7 Å². The molecule has 1 saturated heterocycles. The lowest BCUT2D eigenvalue weighted by molar-refractivity contribution is 0.0240. The lowest BCUT2D eigenvalue weighted by atomic mass is 10.2. The SMILES string of the molecule is COCCOc1cc2c(N3CCN(C(=O)OC(C)(C)C)CC3)ncnc2cc1OC. The predicted octanol–water partition coefficient (Wildman–Crippen LogP) is 2.72. The van der Waals surface area contributed by atoms with E-state index in [9.17, 15) is 4.79 Å². The molecule has 0 aliphatic carbocycles. The molecular weight excluding hydrogens is 388 g/mol. The lowest BCUT2D eigenvalue weighted by Crippen LogP contribution is -2.50. The molecule has 0 radical (unpaired) electrons. The van der Waals surface area contributed by atoms with Crippen LogP contribution in [0.4, 0.5) is 10.6 Å². The molecule has 0 unspecified atom stereocenters. The number of hydrogen-bond acceptors (Lipinski definition) is 8. The van der Waals surface area contributed by atoms with Crippen LogP contribution in [-0.4, -0.2) is 80.2 Å². The number of aromatic nitrogens is 2. The number of anilines is 1. The second kappa shape index (κ2) is 9.34. The summed E-state index contributed by atoms with van der Waals surface area (Å²) in [6.45, 7) is 8.93. The van der Waals surface area contributed by atoms with Crippen molar-refractivity contribution in [3.63, 3.8) is 0 Å². The van der Waals surface area contributed by atoms with E-state index in [1.54, 1.807) is 25.4 Å². The van der Waals surface area contributed by atoms with Gasteiger partial charge >= 0.3 is 6.09 Å². The first-order chi connectivity index (χ1) is 14.3. The highest BCUT2D eigenvalue weighted by Gasteiger charge is 2.27. The van der Waals surface area contributed by atoms with Gasteiger partial charge in [0.15, 0.2) is 11.5 Å². The van der Waals surface area contributed by atoms with Crippen LogP contribution < -0.4 is 14.4 Å². The van der Waals surface area contributed by atoms with E-state index in [0.29, 0.717) is 50.9 Å². The predicted molar refractivity (Wildman–Crippen MR) is 113 cm³/mol. The first-order valence-corrected chi connectivity index (χ1v) is 9.99. The van der Waals surface area contributed by atoms with E-state index >= 15 is 0 Å². The van der Waals surface area contributed by atoms with Crippen LogP contribution in [0.3, 0.4) is 0 Å². The van der Waals surface area contributed by atoms with Crippen LogP contribution in [0.2, 0.25) is 0 Å². The van der Waals surface area contributed by atoms with Crippen LogP contribution in [0.25, 0.3) is 10.9 Å². The molecule has 1 aromatic carbocycles. The van der Waals surface area contributed by atoms with Gasteiger partial charge in [0.05, 0.1) is 19.2 Å². The van der Waals surface area contributed by atoms with Crippen LogP contribution in [0, 0.1) is 0 Å². The molecule has 2 aromatic rings. The van der Waals surface area contributed by atoms with Gasteiger partial charge in [0.25, 0.3) is 0 Å². The number of amides is 1. The molecule has 164 valence electrons. The summed E-state index contributed by atoms with van der Waals surface area (Å²) in [6.07, 6.45) is 1.26. The number of hydrogen-bond donors (Lipinski definition) is 0. The van der Waals surface area contributed by atoms with E-state index in [-0.39, 0.29) is 6.09 Å². The number of piperazine rings is 1. The molecule has 1 aliphatic heterocycles. The Labute approximate surface area is 176 Å². The quantitative estimate of drug-likeness (QED) is 0.662. The standard InChI is InChI=1S/C21H30N4O5/c1-21(2,3)30-20(26)25-8-6-24(7-9-25)19-15-12-18(29-11-10-27-4)17(28-5)13-16(15)22-14-23-19/h12-14H,6-11H2,1-5H3. The molecule has 1 amide bonds. The summed E-state index contributed by atoms with van der Waals surface area (Å²) >= 11 is 0. The van der Waals surface area contributed by atoms with E-state index in [1.807, 2.05) is 32.9 Å². The summed E-state index contributed by atoms with van der Waals surface area (Å²) in [7, 11) is 3.23. The number of rotatable bonds is 6. The summed E-state index contributed by atoms with van der Waals surface area (Å²) in [5.74, 6) is 2.03. The highest BCUT2D eigenvalue weighted by atomic mass is 16.6. The van der Waals surface area contributed by atoms with Gasteiger partial charge in [-0.05, 0) is 26.8 Å². The van der Waals surface area contributed by atoms with Gasteiger partial charge in [0.1, 0.15) is 24.4 Å². The zero-order valence-electron chi connectivity index (χ0n) is 18.3. The molecule has 30 heavy (non-hydrogen) atoms. The Bertz CT molecular complexity index is 876. The third-order valence-corrected chi connectivity index (χ3v) is 4.68. The minimum Gasteiger partial charge on any atom is -0.493 e. The van der Waals surface area contributed by atoms with Gasteiger partial charge in [-0.3, -0.25) is 0 Å². The Morgan fingerprint density at radius 2 is 1.77 bits per heavy atom. The molecule has 1 aliphatic rings. The number of ether oxygens (including phenoxy) is 4. The molecule has 1 fully saturated rings. The Hall–Kier alpha value is -2.81. The van der Waals surface area contributed by atoms with Crippen LogP contribution in [-0.2, 0) is 9.47 Å². The maximum atomic E-state index is 12.3. The summed E-state index contributed by atoms with van der Waals surface area (Å²) in [5, 5.41) is 0.872. The summed E-state index contributed by atoms with van der Waals surface area (Å²) in [6, 6.07) is 3.75. The fourth-order valence-electron chi connectivity index (χ4n) is 3.24. The first kappa shape index (κ1) is 21.9. The molecule has 0 bridgehead atoms. The Morgan fingerprint density at radius 3 is 2.40 bits per heavy atom. The van der Waals surface area contributed by atoms with Gasteiger partial charge in [-0.15, -0.1) is 0 Å². The molecule has 1 aromatic heterocycles. The average Bonchev–Trinajstić information content (AvgIpc) is 2.72. The smallest absolute Gasteiger partial charge is 0.410 e. The number of fused-ring (bicyclic) bond motifs is 1. The number of benzene rings is 1. The molecule has 0 spiro atoms. The van der Waals surface area contributed by atoms with E-state index in [4.69, 9.17) is 18.9 Å². The second-order valence-electron chi connectivity index (χ2n) is 8.01. The summed E-state index contributed by atoms with van der Waals surface area (Å²) in [5.41, 5.74) is 0.264. The van der Waals surface area contributed by atoms with Crippen molar-refractivity contribution >= 4 is 22.8 Å². The molecule has 9 heteroatoms. The molecule has 2 heterocycles. The molecular formula is C21H30N4O5. The molecule has 9 nitrogen and oxygen atoms in total. The van der Waals surface area contributed by atoms with Gasteiger partial charge in [0.2, 0.25) is 0 Å². The third kappa shape index (κ3) is 5.21. The normalized spacial score (nSPS) is 14.7. The van der Waals surface area contributed by atoms with Crippen LogP contribution in [0.15, 0.2) is 18.5 Å². The minimum atomic E-state index is -0.505. The number of nitrogens with zero attached hydrogens (tertiary/aromatic N) is 4. The number of carbonyl (C=O) groups excluding carboxylic acids is 1.